The van der Waals surface area contributed by atoms with E-state index in [-0.39, 0.29) is 31.1 Å². The van der Waals surface area contributed by atoms with Crippen LogP contribution in [0.3, 0.4) is 0 Å². The Morgan fingerprint density at radius 2 is 1.53 bits per heavy atom. The van der Waals surface area contributed by atoms with Crippen LogP contribution in [0.5, 0.6) is 0 Å². The van der Waals surface area contributed by atoms with E-state index in [0.717, 1.165) is 0 Å². The maximum atomic E-state index is 2.36. The number of allylic oxidation sites excluding steroid dienone is 1. The van der Waals surface area contributed by atoms with Crippen molar-refractivity contribution in [1.82, 2.24) is 0 Å². The summed E-state index contributed by atoms with van der Waals surface area (Å²) in [5.41, 5.74) is 1.42. The van der Waals surface area contributed by atoms with Crippen LogP contribution in [0.15, 0.2) is 60.7 Å². The molecule has 2 aromatic carbocycles. The molecule has 1 heterocycles. The van der Waals surface area contributed by atoms with Crippen molar-refractivity contribution < 1.29 is 0 Å². The summed E-state index contributed by atoms with van der Waals surface area (Å²) in [7, 11) is 0. The summed E-state index contributed by atoms with van der Waals surface area (Å²) in [4.78, 5) is 0. The van der Waals surface area contributed by atoms with Crippen molar-refractivity contribution in [2.45, 2.75) is 0 Å². The quantitative estimate of drug-likeness (QED) is 0.721. The van der Waals surface area contributed by atoms with Gasteiger partial charge < -0.3 is 0 Å². The van der Waals surface area contributed by atoms with Crippen LogP contribution in [-0.2, 0) is 0 Å². The van der Waals surface area contributed by atoms with Crippen molar-refractivity contribution in [2.75, 3.05) is 0 Å². The Balaban J connectivity index is 1.88. The molecule has 2 aromatic rings. The standard InChI is InChI=1S/C15H11As2/c1-2-7-13(8-3-1)16-15-11-10-12-6-4-5-9-14(12)17-15/h1-11H. The van der Waals surface area contributed by atoms with E-state index in [4.69, 9.17) is 0 Å². The van der Waals surface area contributed by atoms with Crippen molar-refractivity contribution in [3.05, 3.63) is 66.2 Å². The molecule has 1 aliphatic heterocycles. The minimum atomic E-state index is 0.206. The van der Waals surface area contributed by atoms with Gasteiger partial charge in [-0.2, -0.15) is 0 Å². The SMILES string of the molecule is C1=Cc2ccccc2[As]=C1[As]c1ccccc1. The monoisotopic (exact) mass is 341 g/mol. The molecular weight excluding hydrogens is 330 g/mol. The Hall–Kier alpha value is -0.833. The van der Waals surface area contributed by atoms with Gasteiger partial charge in [-0.05, 0) is 0 Å². The van der Waals surface area contributed by atoms with Crippen LogP contribution < -0.4 is 8.70 Å². The average molecular weight is 341 g/mol. The van der Waals surface area contributed by atoms with E-state index in [1.807, 2.05) is 0 Å². The first-order valence-corrected chi connectivity index (χ1v) is 9.30. The van der Waals surface area contributed by atoms with Gasteiger partial charge in [-0.3, -0.25) is 0 Å². The van der Waals surface area contributed by atoms with Crippen molar-refractivity contribution in [3.63, 3.8) is 0 Å². The van der Waals surface area contributed by atoms with Crippen molar-refractivity contribution in [3.8, 4) is 0 Å². The van der Waals surface area contributed by atoms with E-state index in [0.29, 0.717) is 0 Å². The van der Waals surface area contributed by atoms with E-state index in [2.05, 4.69) is 66.7 Å². The van der Waals surface area contributed by atoms with Gasteiger partial charge in [0.05, 0.1) is 0 Å². The number of benzene rings is 2. The van der Waals surface area contributed by atoms with E-state index in [1.165, 1.54) is 9.91 Å². The fraction of sp³-hybridized carbons (Fsp3) is 0. The van der Waals surface area contributed by atoms with Crippen LogP contribution >= 0.6 is 0 Å². The van der Waals surface area contributed by atoms with Crippen molar-refractivity contribution >= 4 is 48.9 Å². The summed E-state index contributed by atoms with van der Waals surface area (Å²) in [6, 6.07) is 19.7. The third-order valence-corrected chi connectivity index (χ3v) is 8.88. The molecule has 0 atom stereocenters. The Labute approximate surface area is 115 Å². The van der Waals surface area contributed by atoms with Crippen molar-refractivity contribution in [2.24, 2.45) is 0 Å². The second kappa shape index (κ2) is 5.21. The van der Waals surface area contributed by atoms with E-state index in [9.17, 15) is 0 Å². The maximum absolute atomic E-state index is 2.36. The second-order valence-corrected chi connectivity index (χ2v) is 10.5. The number of hydrogen-bond acceptors (Lipinski definition) is 0. The Kier molecular flexibility index (Phi) is 3.45. The van der Waals surface area contributed by atoms with Gasteiger partial charge in [-0.15, -0.1) is 0 Å². The van der Waals surface area contributed by atoms with Gasteiger partial charge in [0.15, 0.2) is 0 Å². The van der Waals surface area contributed by atoms with Gasteiger partial charge in [-0.1, -0.05) is 0 Å². The molecule has 0 unspecified atom stereocenters. The summed E-state index contributed by atoms with van der Waals surface area (Å²) in [5.74, 6) is 0. The van der Waals surface area contributed by atoms with Crippen molar-refractivity contribution in [1.29, 1.82) is 0 Å². The molecule has 0 aromatic heterocycles. The average Bonchev–Trinajstić information content (AvgIpc) is 2.40. The molecule has 1 aliphatic rings. The van der Waals surface area contributed by atoms with Crippen LogP contribution in [0, 0.1) is 0 Å². The third kappa shape index (κ3) is 2.71. The molecule has 0 N–H and O–H groups in total. The van der Waals surface area contributed by atoms with Crippen LogP contribution in [0.25, 0.3) is 6.08 Å². The molecule has 3 rings (SSSR count). The first-order valence-electron chi connectivity index (χ1n) is 5.54. The Morgan fingerprint density at radius 3 is 2.41 bits per heavy atom. The number of hydrogen-bond donors (Lipinski definition) is 0. The summed E-state index contributed by atoms with van der Waals surface area (Å²) >= 11 is 0.437. The molecule has 0 bridgehead atoms. The van der Waals surface area contributed by atoms with E-state index in [1.54, 1.807) is 7.44 Å². The molecule has 0 aliphatic carbocycles. The first-order chi connectivity index (χ1) is 8.42. The van der Waals surface area contributed by atoms with Gasteiger partial charge >= 0.3 is 115 Å². The Bertz CT molecular complexity index is 583. The molecule has 0 spiro atoms. The molecular formula is C15H11As2. The number of fused-ring (bicyclic) bond motifs is 1. The number of rotatable bonds is 2. The zero-order valence-corrected chi connectivity index (χ0v) is 13.0. The molecule has 0 nitrogen and oxygen atoms in total. The van der Waals surface area contributed by atoms with Gasteiger partial charge in [0.25, 0.3) is 0 Å². The van der Waals surface area contributed by atoms with E-state index >= 15 is 0 Å². The van der Waals surface area contributed by atoms with E-state index < -0.39 is 0 Å². The van der Waals surface area contributed by atoms with Crippen LogP contribution in [0.2, 0.25) is 0 Å². The van der Waals surface area contributed by atoms with Crippen LogP contribution in [0.1, 0.15) is 5.56 Å². The first kappa shape index (κ1) is 11.3. The van der Waals surface area contributed by atoms with Crippen LogP contribution in [-0.4, -0.2) is 34.2 Å². The predicted octanol–water partition coefficient (Wildman–Crippen LogP) is 1.20. The zero-order valence-electron chi connectivity index (χ0n) is 9.25. The fourth-order valence-electron chi connectivity index (χ4n) is 1.75. The van der Waals surface area contributed by atoms with Gasteiger partial charge in [-0.25, -0.2) is 0 Å². The summed E-state index contributed by atoms with van der Waals surface area (Å²) in [6.07, 6.45) is 4.64. The normalized spacial score (nSPS) is 14.7. The molecule has 2 heteroatoms. The van der Waals surface area contributed by atoms with Gasteiger partial charge in [0.2, 0.25) is 0 Å². The minimum absolute atomic E-state index is 0.206. The fourth-order valence-corrected chi connectivity index (χ4v) is 8.13. The summed E-state index contributed by atoms with van der Waals surface area (Å²) in [5, 5.41) is 0. The van der Waals surface area contributed by atoms with Gasteiger partial charge in [0.1, 0.15) is 0 Å². The molecule has 0 amide bonds. The van der Waals surface area contributed by atoms with Crippen LogP contribution in [0.4, 0.5) is 0 Å². The summed E-state index contributed by atoms with van der Waals surface area (Å²) in [6.45, 7) is 0. The zero-order chi connectivity index (χ0) is 11.5. The summed E-state index contributed by atoms with van der Waals surface area (Å²) < 4.78 is 4.76. The molecule has 1 radical (unpaired) electrons. The molecule has 17 heavy (non-hydrogen) atoms. The molecule has 0 saturated carbocycles. The second-order valence-electron chi connectivity index (χ2n) is 3.81. The molecule has 0 saturated heterocycles. The van der Waals surface area contributed by atoms with Gasteiger partial charge in [0, 0.05) is 0 Å². The topological polar surface area (TPSA) is 0 Å². The predicted molar refractivity (Wildman–Crippen MR) is 77.7 cm³/mol. The molecule has 81 valence electrons. The Morgan fingerprint density at radius 1 is 0.765 bits per heavy atom. The third-order valence-electron chi connectivity index (χ3n) is 2.58. The molecule has 0 fully saturated rings.